The van der Waals surface area contributed by atoms with Crippen LogP contribution in [-0.2, 0) is 27.9 Å². The van der Waals surface area contributed by atoms with Crippen LogP contribution in [0, 0.1) is 13.8 Å². The molecule has 38 heavy (non-hydrogen) atoms. The van der Waals surface area contributed by atoms with Gasteiger partial charge in [0, 0.05) is 13.1 Å². The Labute approximate surface area is 225 Å². The third kappa shape index (κ3) is 5.87. The van der Waals surface area contributed by atoms with E-state index in [4.69, 9.17) is 4.74 Å². The van der Waals surface area contributed by atoms with E-state index in [1.165, 1.54) is 29.1 Å². The molecule has 1 saturated heterocycles. The fraction of sp³-hybridized carbons (Fsp3) is 0.367. The van der Waals surface area contributed by atoms with Crippen molar-refractivity contribution in [2.45, 2.75) is 57.2 Å². The van der Waals surface area contributed by atoms with E-state index in [-0.39, 0.29) is 17.3 Å². The standard InChI is InChI=1S/C30H35N3O4S/c1-22-9-12-26(13-10-22)38(35,36)33-21-29(37-28-17-23(2)11-14-27(28)33)30(34)31-19-24-7-6-8-25(18-24)20-32-15-4-3-5-16-32/h6-14,17-18,29H,3-5,15-16,19-21H2,1-2H3,(H,31,34). The molecule has 1 unspecified atom stereocenters. The maximum atomic E-state index is 13.6. The smallest absolute Gasteiger partial charge is 0.264 e. The molecule has 1 amide bonds. The largest absolute Gasteiger partial charge is 0.476 e. The molecule has 0 spiro atoms. The maximum Gasteiger partial charge on any atom is 0.264 e. The van der Waals surface area contributed by atoms with Crippen LogP contribution in [0.5, 0.6) is 5.75 Å². The van der Waals surface area contributed by atoms with Crippen LogP contribution in [0.3, 0.4) is 0 Å². The van der Waals surface area contributed by atoms with Gasteiger partial charge in [-0.15, -0.1) is 0 Å². The summed E-state index contributed by atoms with van der Waals surface area (Å²) in [5, 5.41) is 2.97. The lowest BCUT2D eigenvalue weighted by Gasteiger charge is -2.35. The van der Waals surface area contributed by atoms with Crippen LogP contribution in [0.2, 0.25) is 0 Å². The van der Waals surface area contributed by atoms with Crippen molar-refractivity contribution in [3.8, 4) is 5.75 Å². The van der Waals surface area contributed by atoms with Crippen molar-refractivity contribution in [3.05, 3.63) is 89.0 Å². The Hall–Kier alpha value is -3.36. The summed E-state index contributed by atoms with van der Waals surface area (Å²) in [6.45, 7) is 7.22. The Morgan fingerprint density at radius 3 is 2.39 bits per heavy atom. The van der Waals surface area contributed by atoms with Crippen molar-refractivity contribution in [2.75, 3.05) is 23.9 Å². The van der Waals surface area contributed by atoms with Crippen LogP contribution >= 0.6 is 0 Å². The van der Waals surface area contributed by atoms with E-state index in [0.717, 1.165) is 36.3 Å². The topological polar surface area (TPSA) is 79.0 Å². The quantitative estimate of drug-likeness (QED) is 0.482. The zero-order valence-corrected chi connectivity index (χ0v) is 22.8. The number of fused-ring (bicyclic) bond motifs is 1. The van der Waals surface area contributed by atoms with Crippen LogP contribution in [0.15, 0.2) is 71.6 Å². The van der Waals surface area contributed by atoms with Crippen molar-refractivity contribution < 1.29 is 17.9 Å². The van der Waals surface area contributed by atoms with Gasteiger partial charge in [0.05, 0.1) is 17.1 Å². The van der Waals surface area contributed by atoms with E-state index in [0.29, 0.717) is 18.0 Å². The van der Waals surface area contributed by atoms with Crippen LogP contribution < -0.4 is 14.4 Å². The molecule has 1 fully saturated rings. The number of likely N-dealkylation sites (tertiary alicyclic amines) is 1. The van der Waals surface area contributed by atoms with E-state index in [2.05, 4.69) is 22.3 Å². The molecule has 7 nitrogen and oxygen atoms in total. The molecule has 0 aliphatic carbocycles. The van der Waals surface area contributed by atoms with Gasteiger partial charge in [0.15, 0.2) is 6.10 Å². The van der Waals surface area contributed by atoms with Gasteiger partial charge in [0.25, 0.3) is 15.9 Å². The van der Waals surface area contributed by atoms with Crippen molar-refractivity contribution in [1.29, 1.82) is 0 Å². The van der Waals surface area contributed by atoms with Gasteiger partial charge in [-0.1, -0.05) is 54.4 Å². The highest BCUT2D eigenvalue weighted by Gasteiger charge is 2.37. The molecule has 8 heteroatoms. The predicted octanol–water partition coefficient (Wildman–Crippen LogP) is 4.56. The predicted molar refractivity (Wildman–Crippen MR) is 149 cm³/mol. The monoisotopic (exact) mass is 533 g/mol. The fourth-order valence-corrected chi connectivity index (χ4v) is 6.56. The molecule has 1 N–H and O–H groups in total. The first kappa shape index (κ1) is 26.3. The summed E-state index contributed by atoms with van der Waals surface area (Å²) in [7, 11) is -3.89. The lowest BCUT2D eigenvalue weighted by molar-refractivity contribution is -0.127. The van der Waals surface area contributed by atoms with Gasteiger partial charge in [-0.25, -0.2) is 8.42 Å². The molecule has 5 rings (SSSR count). The number of anilines is 1. The highest BCUT2D eigenvalue weighted by molar-refractivity contribution is 7.92. The average Bonchev–Trinajstić information content (AvgIpc) is 2.92. The first-order chi connectivity index (χ1) is 18.3. The van der Waals surface area contributed by atoms with Gasteiger partial charge in [-0.2, -0.15) is 0 Å². The number of aryl methyl sites for hydroxylation is 2. The lowest BCUT2D eigenvalue weighted by atomic mass is 10.1. The second-order valence-electron chi connectivity index (χ2n) is 10.3. The van der Waals surface area contributed by atoms with Crippen molar-refractivity contribution >= 4 is 21.6 Å². The Bertz CT molecular complexity index is 1400. The lowest BCUT2D eigenvalue weighted by Crippen LogP contribution is -2.50. The Balaban J connectivity index is 1.31. The van der Waals surface area contributed by atoms with Gasteiger partial charge in [0.1, 0.15) is 5.75 Å². The summed E-state index contributed by atoms with van der Waals surface area (Å²) >= 11 is 0. The second-order valence-corrected chi connectivity index (χ2v) is 12.2. The average molecular weight is 534 g/mol. The third-order valence-corrected chi connectivity index (χ3v) is 8.99. The van der Waals surface area contributed by atoms with Gasteiger partial charge in [0.2, 0.25) is 0 Å². The number of amides is 1. The van der Waals surface area contributed by atoms with E-state index in [9.17, 15) is 13.2 Å². The minimum Gasteiger partial charge on any atom is -0.476 e. The van der Waals surface area contributed by atoms with E-state index in [1.807, 2.05) is 32.0 Å². The van der Waals surface area contributed by atoms with E-state index < -0.39 is 16.1 Å². The summed E-state index contributed by atoms with van der Waals surface area (Å²) in [5.74, 6) is 0.0401. The molecular formula is C30H35N3O4S. The van der Waals surface area contributed by atoms with Gasteiger partial charge < -0.3 is 10.1 Å². The summed E-state index contributed by atoms with van der Waals surface area (Å²) in [5.41, 5.74) is 4.56. The number of nitrogens with one attached hydrogen (secondary N) is 1. The van der Waals surface area contributed by atoms with E-state index >= 15 is 0 Å². The molecule has 200 valence electrons. The number of hydrogen-bond acceptors (Lipinski definition) is 5. The molecule has 3 aromatic carbocycles. The Kier molecular flexibility index (Phi) is 7.72. The maximum absolute atomic E-state index is 13.6. The SMILES string of the molecule is Cc1ccc(S(=O)(=O)N2CC(C(=O)NCc3cccc(CN4CCCCC4)c3)Oc3cc(C)ccc32)cc1. The van der Waals surface area contributed by atoms with Crippen molar-refractivity contribution in [3.63, 3.8) is 0 Å². The third-order valence-electron chi connectivity index (χ3n) is 7.20. The zero-order valence-electron chi connectivity index (χ0n) is 22.0. The Morgan fingerprint density at radius 1 is 0.921 bits per heavy atom. The number of ether oxygens (including phenoxy) is 1. The molecule has 0 aromatic heterocycles. The van der Waals surface area contributed by atoms with E-state index in [1.54, 1.807) is 36.4 Å². The summed E-state index contributed by atoms with van der Waals surface area (Å²) in [4.78, 5) is 15.9. The van der Waals surface area contributed by atoms with Gasteiger partial charge >= 0.3 is 0 Å². The number of nitrogens with zero attached hydrogens (tertiary/aromatic N) is 2. The second kappa shape index (κ2) is 11.2. The molecular weight excluding hydrogens is 498 g/mol. The van der Waals surface area contributed by atoms with Gasteiger partial charge in [-0.05, 0) is 80.7 Å². The Morgan fingerprint density at radius 2 is 1.63 bits per heavy atom. The molecule has 0 bridgehead atoms. The number of carbonyl (C=O) groups is 1. The highest BCUT2D eigenvalue weighted by Crippen LogP contribution is 2.37. The fourth-order valence-electron chi connectivity index (χ4n) is 5.08. The summed E-state index contributed by atoms with van der Waals surface area (Å²) in [6.07, 6.45) is 2.83. The number of benzene rings is 3. The number of rotatable bonds is 7. The summed E-state index contributed by atoms with van der Waals surface area (Å²) < 4.78 is 34.6. The number of piperidine rings is 1. The normalized spacial score (nSPS) is 17.9. The van der Waals surface area contributed by atoms with Crippen molar-refractivity contribution in [1.82, 2.24) is 10.2 Å². The number of sulfonamides is 1. The van der Waals surface area contributed by atoms with Gasteiger partial charge in [-0.3, -0.25) is 14.0 Å². The minimum atomic E-state index is -3.89. The molecule has 3 aromatic rings. The zero-order chi connectivity index (χ0) is 26.7. The number of carbonyl (C=O) groups excluding carboxylic acids is 1. The summed E-state index contributed by atoms with van der Waals surface area (Å²) in [6, 6.07) is 20.4. The number of hydrogen-bond donors (Lipinski definition) is 1. The minimum absolute atomic E-state index is 0.104. The van der Waals surface area contributed by atoms with Crippen LogP contribution in [0.1, 0.15) is 41.5 Å². The molecule has 2 aliphatic heterocycles. The molecule has 2 aliphatic rings. The molecule has 0 saturated carbocycles. The van der Waals surface area contributed by atoms with Crippen molar-refractivity contribution in [2.24, 2.45) is 0 Å². The first-order valence-electron chi connectivity index (χ1n) is 13.2. The van der Waals surface area contributed by atoms with Crippen LogP contribution in [0.25, 0.3) is 0 Å². The first-order valence-corrected chi connectivity index (χ1v) is 14.7. The highest BCUT2D eigenvalue weighted by atomic mass is 32.2. The van der Waals surface area contributed by atoms with Crippen LogP contribution in [0.4, 0.5) is 5.69 Å². The molecule has 0 radical (unpaired) electrons. The molecule has 1 atom stereocenters. The van der Waals surface area contributed by atoms with Crippen LogP contribution in [-0.4, -0.2) is 45.0 Å². The molecule has 2 heterocycles.